The molecule has 1 aromatic carbocycles. The van der Waals surface area contributed by atoms with E-state index in [1.807, 2.05) is 0 Å². The third-order valence-corrected chi connectivity index (χ3v) is 6.08. The third-order valence-electron chi connectivity index (χ3n) is 5.72. The first-order valence-electron chi connectivity index (χ1n) is 12.3. The number of hydrogen-bond donors (Lipinski definition) is 10. The number of aromatic hydroxyl groups is 1. The number of aromatic amines is 1. The summed E-state index contributed by atoms with van der Waals surface area (Å²) in [6.45, 7) is 0.176. The monoisotopic (exact) mass is 577 g/mol. The third kappa shape index (κ3) is 10.8. The van der Waals surface area contributed by atoms with Crippen molar-refractivity contribution >= 4 is 42.3 Å². The maximum absolute atomic E-state index is 13.3. The molecule has 4 atom stereocenters. The molecule has 15 nitrogen and oxygen atoms in total. The van der Waals surface area contributed by atoms with Crippen molar-refractivity contribution in [2.75, 3.05) is 12.3 Å². The van der Waals surface area contributed by atoms with Crippen LogP contribution in [0, 0.1) is 0 Å². The van der Waals surface area contributed by atoms with Crippen molar-refractivity contribution in [2.24, 2.45) is 22.2 Å². The molecule has 1 heterocycles. The number of H-pyrrole nitrogens is 1. The van der Waals surface area contributed by atoms with Gasteiger partial charge in [0, 0.05) is 37.0 Å². The van der Waals surface area contributed by atoms with Crippen LogP contribution in [0.15, 0.2) is 41.8 Å². The minimum Gasteiger partial charge on any atom is -0.508 e. The van der Waals surface area contributed by atoms with E-state index in [1.165, 1.54) is 24.7 Å². The van der Waals surface area contributed by atoms with Crippen molar-refractivity contribution in [1.29, 1.82) is 0 Å². The Kier molecular flexibility index (Phi) is 12.7. The molecule has 218 valence electrons. The summed E-state index contributed by atoms with van der Waals surface area (Å²) < 4.78 is 0. The molecule has 4 unspecified atom stereocenters. The van der Waals surface area contributed by atoms with Crippen molar-refractivity contribution in [3.8, 4) is 5.75 Å². The van der Waals surface area contributed by atoms with Crippen LogP contribution >= 0.6 is 12.6 Å². The second kappa shape index (κ2) is 15.9. The van der Waals surface area contributed by atoms with Crippen LogP contribution in [-0.2, 0) is 32.0 Å². The van der Waals surface area contributed by atoms with Crippen molar-refractivity contribution in [3.63, 3.8) is 0 Å². The molecule has 0 spiro atoms. The summed E-state index contributed by atoms with van der Waals surface area (Å²) in [5.74, 6) is -3.65. The number of carbonyl (C=O) groups is 4. The van der Waals surface area contributed by atoms with E-state index in [-0.39, 0.29) is 49.7 Å². The predicted molar refractivity (Wildman–Crippen MR) is 149 cm³/mol. The highest BCUT2D eigenvalue weighted by Crippen LogP contribution is 2.12. The van der Waals surface area contributed by atoms with E-state index in [9.17, 15) is 29.4 Å². The summed E-state index contributed by atoms with van der Waals surface area (Å²) in [6.07, 6.45) is 3.45. The highest BCUT2D eigenvalue weighted by molar-refractivity contribution is 7.80. The molecule has 0 radical (unpaired) electrons. The van der Waals surface area contributed by atoms with Crippen molar-refractivity contribution in [1.82, 2.24) is 25.9 Å². The van der Waals surface area contributed by atoms with E-state index in [0.29, 0.717) is 11.3 Å². The van der Waals surface area contributed by atoms with E-state index in [2.05, 4.69) is 43.5 Å². The molecule has 0 aliphatic rings. The second-order valence-corrected chi connectivity index (χ2v) is 9.28. The number of aromatic nitrogens is 2. The van der Waals surface area contributed by atoms with Gasteiger partial charge in [-0.15, -0.1) is 0 Å². The van der Waals surface area contributed by atoms with Crippen molar-refractivity contribution in [2.45, 2.75) is 49.9 Å². The standard InChI is InChI=1S/C24H35N9O6S/c25-16(9-14-10-28-12-30-14)20(35)32-18(8-13-3-5-15(34)6-4-13)21(36)33-19(11-40)22(37)31-17(23(38)39)2-1-7-29-24(26)27/h3-6,10,12,16-19,34,40H,1-2,7-9,11,25H2,(H,28,30)(H,31,37)(H,32,35)(H,33,36)(H,38,39)(H4,26,27,29). The van der Waals surface area contributed by atoms with Crippen LogP contribution in [-0.4, -0.2) is 86.3 Å². The summed E-state index contributed by atoms with van der Waals surface area (Å²) in [7, 11) is 0. The zero-order valence-electron chi connectivity index (χ0n) is 21.6. The zero-order valence-corrected chi connectivity index (χ0v) is 22.5. The van der Waals surface area contributed by atoms with Gasteiger partial charge in [0.05, 0.1) is 12.4 Å². The van der Waals surface area contributed by atoms with E-state index in [0.717, 1.165) is 0 Å². The van der Waals surface area contributed by atoms with Gasteiger partial charge in [-0.1, -0.05) is 12.1 Å². The SMILES string of the molecule is NC(N)=NCCCC(NC(=O)C(CS)NC(=O)C(Cc1ccc(O)cc1)NC(=O)C(N)Cc1cnc[nH]1)C(=O)O. The Morgan fingerprint density at radius 2 is 1.60 bits per heavy atom. The summed E-state index contributed by atoms with van der Waals surface area (Å²) >= 11 is 4.13. The lowest BCUT2D eigenvalue weighted by Gasteiger charge is -2.24. The summed E-state index contributed by atoms with van der Waals surface area (Å²) in [5.41, 5.74) is 17.8. The van der Waals surface area contributed by atoms with Gasteiger partial charge in [-0.05, 0) is 30.5 Å². The average molecular weight is 578 g/mol. The molecule has 40 heavy (non-hydrogen) atoms. The smallest absolute Gasteiger partial charge is 0.326 e. The van der Waals surface area contributed by atoms with Crippen LogP contribution in [0.25, 0.3) is 0 Å². The van der Waals surface area contributed by atoms with Gasteiger partial charge in [0.2, 0.25) is 17.7 Å². The number of aliphatic carboxylic acids is 1. The number of nitrogens with one attached hydrogen (secondary N) is 4. The quantitative estimate of drug-likeness (QED) is 0.0443. The Bertz CT molecular complexity index is 1160. The predicted octanol–water partition coefficient (Wildman–Crippen LogP) is -2.25. The minimum atomic E-state index is -1.27. The number of amides is 3. The van der Waals surface area contributed by atoms with Gasteiger partial charge < -0.3 is 48.3 Å². The number of rotatable bonds is 16. The summed E-state index contributed by atoms with van der Waals surface area (Å²) in [4.78, 5) is 61.1. The lowest BCUT2D eigenvalue weighted by Crippen LogP contribution is -2.58. The number of guanidine groups is 1. The molecule has 0 aliphatic heterocycles. The van der Waals surface area contributed by atoms with Gasteiger partial charge in [-0.3, -0.25) is 19.4 Å². The van der Waals surface area contributed by atoms with Crippen LogP contribution in [0.2, 0.25) is 0 Å². The van der Waals surface area contributed by atoms with E-state index < -0.39 is 47.9 Å². The normalized spacial score (nSPS) is 13.8. The topological polar surface area (TPSA) is 264 Å². The molecule has 12 N–H and O–H groups in total. The Hall–Kier alpha value is -4.31. The second-order valence-electron chi connectivity index (χ2n) is 8.91. The fourth-order valence-corrected chi connectivity index (χ4v) is 3.84. The summed E-state index contributed by atoms with van der Waals surface area (Å²) in [6, 6.07) is 1.38. The molecule has 0 saturated heterocycles. The van der Waals surface area contributed by atoms with Crippen LogP contribution in [0.4, 0.5) is 0 Å². The molecule has 1 aromatic heterocycles. The maximum atomic E-state index is 13.3. The summed E-state index contributed by atoms with van der Waals surface area (Å²) in [5, 5.41) is 26.6. The number of benzene rings is 1. The lowest BCUT2D eigenvalue weighted by molar-refractivity contribution is -0.142. The molecule has 3 amide bonds. The highest BCUT2D eigenvalue weighted by atomic mass is 32.1. The molecule has 0 bridgehead atoms. The molecule has 0 aliphatic carbocycles. The lowest BCUT2D eigenvalue weighted by atomic mass is 10.0. The fourth-order valence-electron chi connectivity index (χ4n) is 3.58. The largest absolute Gasteiger partial charge is 0.508 e. The first kappa shape index (κ1) is 31.9. The highest BCUT2D eigenvalue weighted by Gasteiger charge is 2.30. The van der Waals surface area contributed by atoms with E-state index in [1.54, 1.807) is 12.1 Å². The number of carboxylic acid groups (broad SMARTS) is 1. The van der Waals surface area contributed by atoms with Gasteiger partial charge >= 0.3 is 5.97 Å². The molecule has 2 rings (SSSR count). The number of phenolic OH excluding ortho intramolecular Hbond substituents is 1. The van der Waals surface area contributed by atoms with Gasteiger partial charge in [0.25, 0.3) is 0 Å². The first-order chi connectivity index (χ1) is 19.0. The first-order valence-corrected chi connectivity index (χ1v) is 12.9. The molecule has 2 aromatic rings. The number of carbonyl (C=O) groups excluding carboxylic acids is 3. The van der Waals surface area contributed by atoms with Gasteiger partial charge in [0.1, 0.15) is 23.9 Å². The Morgan fingerprint density at radius 3 is 2.17 bits per heavy atom. The van der Waals surface area contributed by atoms with Crippen LogP contribution in [0.1, 0.15) is 24.1 Å². The van der Waals surface area contributed by atoms with E-state index in [4.69, 9.17) is 17.2 Å². The Morgan fingerprint density at radius 1 is 0.975 bits per heavy atom. The number of aliphatic imine (C=N–C) groups is 1. The molecular weight excluding hydrogens is 542 g/mol. The maximum Gasteiger partial charge on any atom is 0.326 e. The van der Waals surface area contributed by atoms with Crippen LogP contribution < -0.4 is 33.2 Å². The number of imidazole rings is 1. The average Bonchev–Trinajstić information content (AvgIpc) is 3.42. The number of nitrogens with zero attached hydrogens (tertiary/aromatic N) is 2. The van der Waals surface area contributed by atoms with Crippen LogP contribution in [0.5, 0.6) is 5.75 Å². The molecule has 0 saturated carbocycles. The molecule has 0 fully saturated rings. The Balaban J connectivity index is 2.10. The van der Waals surface area contributed by atoms with Gasteiger partial charge in [-0.25, -0.2) is 9.78 Å². The number of hydrogen-bond acceptors (Lipinski definition) is 9. The number of nitrogens with two attached hydrogens (primary N) is 3. The number of carboxylic acids is 1. The van der Waals surface area contributed by atoms with Gasteiger partial charge in [0.15, 0.2) is 5.96 Å². The zero-order chi connectivity index (χ0) is 29.7. The van der Waals surface area contributed by atoms with Crippen LogP contribution in [0.3, 0.4) is 0 Å². The Labute approximate surface area is 235 Å². The van der Waals surface area contributed by atoms with Crippen molar-refractivity contribution < 1.29 is 29.4 Å². The fraction of sp³-hybridized carbons (Fsp3) is 0.417. The van der Waals surface area contributed by atoms with E-state index >= 15 is 0 Å². The van der Waals surface area contributed by atoms with Gasteiger partial charge in [-0.2, -0.15) is 12.6 Å². The number of phenols is 1. The number of thiol groups is 1. The molecular formula is C24H35N9O6S. The minimum absolute atomic E-state index is 0.0120. The molecule has 16 heteroatoms. The van der Waals surface area contributed by atoms with Crippen molar-refractivity contribution in [3.05, 3.63) is 48.0 Å².